The summed E-state index contributed by atoms with van der Waals surface area (Å²) < 4.78 is 22.7. The molecule has 112 valence electrons. The van der Waals surface area contributed by atoms with Crippen LogP contribution < -0.4 is 10.5 Å². The number of phenols is 1. The molecular weight excluding hydrogens is 288 g/mol. The molecule has 0 spiro atoms. The maximum absolute atomic E-state index is 11.4. The van der Waals surface area contributed by atoms with Crippen LogP contribution in [0.2, 0.25) is 0 Å². The van der Waals surface area contributed by atoms with Gasteiger partial charge in [0.05, 0.1) is 4.90 Å². The van der Waals surface area contributed by atoms with E-state index in [0.29, 0.717) is 6.54 Å². The van der Waals surface area contributed by atoms with Crippen molar-refractivity contribution in [2.45, 2.75) is 24.4 Å². The smallest absolute Gasteiger partial charge is 0.238 e. The number of para-hydroxylation sites is 1. The molecule has 0 aliphatic rings. The Labute approximate surface area is 124 Å². The molecule has 0 aromatic heterocycles. The van der Waals surface area contributed by atoms with Gasteiger partial charge in [-0.15, -0.1) is 0 Å². The first kappa shape index (κ1) is 15.5. The molecule has 2 aromatic rings. The van der Waals surface area contributed by atoms with Crippen LogP contribution in [0.3, 0.4) is 0 Å². The van der Waals surface area contributed by atoms with Crippen LogP contribution in [0.1, 0.15) is 24.1 Å². The van der Waals surface area contributed by atoms with Crippen LogP contribution in [0.4, 0.5) is 0 Å². The number of hydrogen-bond acceptors (Lipinski definition) is 4. The highest BCUT2D eigenvalue weighted by Crippen LogP contribution is 2.19. The van der Waals surface area contributed by atoms with Gasteiger partial charge in [0.25, 0.3) is 0 Å². The Morgan fingerprint density at radius 3 is 2.57 bits per heavy atom. The summed E-state index contributed by atoms with van der Waals surface area (Å²) in [6, 6.07) is 13.5. The highest BCUT2D eigenvalue weighted by Gasteiger charge is 2.11. The molecule has 21 heavy (non-hydrogen) atoms. The molecule has 4 N–H and O–H groups in total. The monoisotopic (exact) mass is 306 g/mol. The van der Waals surface area contributed by atoms with Gasteiger partial charge < -0.3 is 10.4 Å². The molecule has 0 bridgehead atoms. The Morgan fingerprint density at radius 2 is 1.90 bits per heavy atom. The van der Waals surface area contributed by atoms with E-state index < -0.39 is 10.0 Å². The lowest BCUT2D eigenvalue weighted by Crippen LogP contribution is -2.19. The number of sulfonamides is 1. The van der Waals surface area contributed by atoms with Crippen LogP contribution in [0.25, 0.3) is 0 Å². The number of hydrogen-bond donors (Lipinski definition) is 3. The predicted molar refractivity (Wildman–Crippen MR) is 81.2 cm³/mol. The standard InChI is InChI=1S/C15H18N2O3S/c1-11(17-10-13-5-2-3-8-15(13)18)12-6-4-7-14(9-12)21(16,19)20/h2-9,11,17-18H,10H2,1H3,(H2,16,19,20). The largest absolute Gasteiger partial charge is 0.508 e. The van der Waals surface area contributed by atoms with Crippen LogP contribution in [0, 0.1) is 0 Å². The Hall–Kier alpha value is -1.89. The summed E-state index contributed by atoms with van der Waals surface area (Å²) in [6.07, 6.45) is 0. The normalized spacial score (nSPS) is 13.0. The fraction of sp³-hybridized carbons (Fsp3) is 0.200. The third-order valence-corrected chi connectivity index (χ3v) is 4.19. The van der Waals surface area contributed by atoms with Gasteiger partial charge in [0.2, 0.25) is 10.0 Å². The number of primary sulfonamides is 1. The molecule has 0 aliphatic carbocycles. The fourth-order valence-corrected chi connectivity index (χ4v) is 2.57. The van der Waals surface area contributed by atoms with Gasteiger partial charge >= 0.3 is 0 Å². The Balaban J connectivity index is 2.11. The molecule has 0 radical (unpaired) electrons. The van der Waals surface area contributed by atoms with Gasteiger partial charge in [-0.1, -0.05) is 30.3 Å². The summed E-state index contributed by atoms with van der Waals surface area (Å²) in [5.74, 6) is 0.232. The third kappa shape index (κ3) is 4.04. The van der Waals surface area contributed by atoms with Gasteiger partial charge in [-0.05, 0) is 30.7 Å². The van der Waals surface area contributed by atoms with E-state index in [1.54, 1.807) is 24.3 Å². The topological polar surface area (TPSA) is 92.4 Å². The van der Waals surface area contributed by atoms with Gasteiger partial charge in [0.15, 0.2) is 0 Å². The molecule has 0 saturated carbocycles. The summed E-state index contributed by atoms with van der Waals surface area (Å²) in [4.78, 5) is 0.0937. The van der Waals surface area contributed by atoms with Crippen LogP contribution >= 0.6 is 0 Å². The van der Waals surface area contributed by atoms with Gasteiger partial charge in [0.1, 0.15) is 5.75 Å². The zero-order valence-corrected chi connectivity index (χ0v) is 12.5. The molecule has 0 amide bonds. The fourth-order valence-electron chi connectivity index (χ4n) is 2.00. The van der Waals surface area contributed by atoms with E-state index in [4.69, 9.17) is 5.14 Å². The number of nitrogens with one attached hydrogen (secondary N) is 1. The van der Waals surface area contributed by atoms with E-state index >= 15 is 0 Å². The van der Waals surface area contributed by atoms with Crippen LogP contribution in [0.15, 0.2) is 53.4 Å². The van der Waals surface area contributed by atoms with Crippen LogP contribution in [0.5, 0.6) is 5.75 Å². The van der Waals surface area contributed by atoms with Crippen molar-refractivity contribution in [1.82, 2.24) is 5.32 Å². The molecule has 0 fully saturated rings. The average molecular weight is 306 g/mol. The van der Waals surface area contributed by atoms with Crippen molar-refractivity contribution in [2.75, 3.05) is 0 Å². The van der Waals surface area contributed by atoms with E-state index in [0.717, 1.165) is 11.1 Å². The highest BCUT2D eigenvalue weighted by molar-refractivity contribution is 7.89. The van der Waals surface area contributed by atoms with Gasteiger partial charge in [-0.3, -0.25) is 0 Å². The van der Waals surface area contributed by atoms with E-state index in [9.17, 15) is 13.5 Å². The minimum atomic E-state index is -3.70. The molecule has 1 atom stereocenters. The van der Waals surface area contributed by atoms with E-state index in [2.05, 4.69) is 5.32 Å². The Morgan fingerprint density at radius 1 is 1.19 bits per heavy atom. The molecule has 5 nitrogen and oxygen atoms in total. The third-order valence-electron chi connectivity index (χ3n) is 3.28. The summed E-state index contributed by atoms with van der Waals surface area (Å²) in [5.41, 5.74) is 1.60. The van der Waals surface area contributed by atoms with Crippen molar-refractivity contribution in [1.29, 1.82) is 0 Å². The maximum Gasteiger partial charge on any atom is 0.238 e. The number of rotatable bonds is 5. The van der Waals surface area contributed by atoms with Crippen LogP contribution in [-0.4, -0.2) is 13.5 Å². The summed E-state index contributed by atoms with van der Waals surface area (Å²) in [7, 11) is -3.70. The Kier molecular flexibility index (Phi) is 4.62. The quantitative estimate of drug-likeness (QED) is 0.786. The molecule has 0 heterocycles. The lowest BCUT2D eigenvalue weighted by atomic mass is 10.1. The average Bonchev–Trinajstić information content (AvgIpc) is 2.45. The maximum atomic E-state index is 11.4. The first-order chi connectivity index (χ1) is 9.88. The first-order valence-electron chi connectivity index (χ1n) is 6.51. The molecule has 6 heteroatoms. The van der Waals surface area contributed by atoms with Gasteiger partial charge in [-0.25, -0.2) is 13.6 Å². The van der Waals surface area contributed by atoms with E-state index in [1.165, 1.54) is 6.07 Å². The lowest BCUT2D eigenvalue weighted by Gasteiger charge is -2.15. The zero-order chi connectivity index (χ0) is 15.5. The SMILES string of the molecule is CC(NCc1ccccc1O)c1cccc(S(N)(=O)=O)c1. The number of phenolic OH excluding ortho intramolecular Hbond substituents is 1. The number of nitrogens with two attached hydrogens (primary N) is 1. The van der Waals surface area contributed by atoms with Crippen LogP contribution in [-0.2, 0) is 16.6 Å². The second-order valence-corrected chi connectivity index (χ2v) is 6.41. The summed E-state index contributed by atoms with van der Waals surface area (Å²) in [6.45, 7) is 2.40. The molecule has 0 saturated heterocycles. The minimum absolute atomic E-state index is 0.0775. The summed E-state index contributed by atoms with van der Waals surface area (Å²) >= 11 is 0. The number of aromatic hydroxyl groups is 1. The van der Waals surface area contributed by atoms with Crippen molar-refractivity contribution in [3.8, 4) is 5.75 Å². The van der Waals surface area contributed by atoms with Crippen molar-refractivity contribution in [2.24, 2.45) is 5.14 Å². The second-order valence-electron chi connectivity index (χ2n) is 4.85. The van der Waals surface area contributed by atoms with Crippen molar-refractivity contribution < 1.29 is 13.5 Å². The number of benzene rings is 2. The lowest BCUT2D eigenvalue weighted by molar-refractivity contribution is 0.460. The van der Waals surface area contributed by atoms with Gasteiger partial charge in [0, 0.05) is 18.2 Å². The van der Waals surface area contributed by atoms with Crippen molar-refractivity contribution in [3.63, 3.8) is 0 Å². The molecule has 2 rings (SSSR count). The first-order valence-corrected chi connectivity index (χ1v) is 8.05. The second kappa shape index (κ2) is 6.26. The van der Waals surface area contributed by atoms with Gasteiger partial charge in [-0.2, -0.15) is 0 Å². The summed E-state index contributed by atoms with van der Waals surface area (Å²) in [5, 5.41) is 18.1. The van der Waals surface area contributed by atoms with E-state index in [1.807, 2.05) is 25.1 Å². The Bertz CT molecular complexity index is 729. The zero-order valence-electron chi connectivity index (χ0n) is 11.7. The van der Waals surface area contributed by atoms with Crippen molar-refractivity contribution in [3.05, 3.63) is 59.7 Å². The minimum Gasteiger partial charge on any atom is -0.508 e. The molecule has 1 unspecified atom stereocenters. The van der Waals surface area contributed by atoms with Crippen molar-refractivity contribution >= 4 is 10.0 Å². The highest BCUT2D eigenvalue weighted by atomic mass is 32.2. The van der Waals surface area contributed by atoms with E-state index in [-0.39, 0.29) is 16.7 Å². The molecular formula is C15H18N2O3S. The molecule has 2 aromatic carbocycles. The molecule has 0 aliphatic heterocycles. The predicted octanol–water partition coefficient (Wildman–Crippen LogP) is 1.89.